The van der Waals surface area contributed by atoms with E-state index in [4.69, 9.17) is 21.4 Å². The number of carbonyl (C=O) groups is 1. The minimum absolute atomic E-state index is 0.168. The van der Waals surface area contributed by atoms with Crippen LogP contribution >= 0.6 is 11.6 Å². The van der Waals surface area contributed by atoms with Crippen molar-refractivity contribution in [3.05, 3.63) is 28.8 Å². The van der Waals surface area contributed by atoms with Crippen LogP contribution in [-0.2, 0) is 9.53 Å². The number of aliphatic hydroxyl groups is 1. The van der Waals surface area contributed by atoms with Crippen LogP contribution in [0.5, 0.6) is 0 Å². The highest BCUT2D eigenvalue weighted by atomic mass is 35.5. The summed E-state index contributed by atoms with van der Waals surface area (Å²) in [6.07, 6.45) is 2.32. The van der Waals surface area contributed by atoms with Crippen LogP contribution in [0.4, 0.5) is 5.69 Å². The Morgan fingerprint density at radius 2 is 2.35 bits per heavy atom. The van der Waals surface area contributed by atoms with Crippen LogP contribution in [-0.4, -0.2) is 30.3 Å². The minimum Gasteiger partial charge on any atom is -0.384 e. The summed E-state index contributed by atoms with van der Waals surface area (Å²) in [5, 5.41) is 12.1. The third-order valence-electron chi connectivity index (χ3n) is 3.01. The third-order valence-corrected chi connectivity index (χ3v) is 3.25. The normalized spacial score (nSPS) is 18.0. The number of aliphatic hydroxyl groups excluding tert-OH is 1. The van der Waals surface area contributed by atoms with E-state index in [1.54, 1.807) is 18.2 Å². The van der Waals surface area contributed by atoms with Crippen LogP contribution in [0.2, 0.25) is 5.02 Å². The lowest BCUT2D eigenvalue weighted by molar-refractivity contribution is -0.129. The molecule has 0 saturated carbocycles. The molecule has 1 amide bonds. The van der Waals surface area contributed by atoms with Crippen LogP contribution in [0.3, 0.4) is 0 Å². The monoisotopic (exact) mass is 293 g/mol. The zero-order chi connectivity index (χ0) is 14.4. The Hall–Kier alpha value is -1.54. The van der Waals surface area contributed by atoms with Gasteiger partial charge in [0.2, 0.25) is 0 Å². The highest BCUT2D eigenvalue weighted by Crippen LogP contribution is 2.21. The van der Waals surface area contributed by atoms with Crippen molar-refractivity contribution in [2.45, 2.75) is 25.4 Å². The number of halogens is 1. The van der Waals surface area contributed by atoms with Gasteiger partial charge in [0, 0.05) is 17.2 Å². The first kappa shape index (κ1) is 14.9. The van der Waals surface area contributed by atoms with Crippen LogP contribution in [0.25, 0.3) is 0 Å². The lowest BCUT2D eigenvalue weighted by atomic mass is 10.1. The van der Waals surface area contributed by atoms with Crippen molar-refractivity contribution in [1.29, 1.82) is 0 Å². The van der Waals surface area contributed by atoms with Gasteiger partial charge < -0.3 is 15.2 Å². The van der Waals surface area contributed by atoms with Gasteiger partial charge in [0.15, 0.2) is 0 Å². The number of nitrogens with one attached hydrogen (secondary N) is 1. The highest BCUT2D eigenvalue weighted by Gasteiger charge is 2.22. The van der Waals surface area contributed by atoms with Crippen LogP contribution in [0, 0.1) is 11.8 Å². The Morgan fingerprint density at radius 1 is 1.50 bits per heavy atom. The molecule has 2 N–H and O–H groups in total. The Balaban J connectivity index is 2.13. The van der Waals surface area contributed by atoms with E-state index >= 15 is 0 Å². The molecular formula is C15H16ClNO3. The Labute approximate surface area is 123 Å². The molecule has 0 radical (unpaired) electrons. The van der Waals surface area contributed by atoms with E-state index in [-0.39, 0.29) is 12.5 Å². The van der Waals surface area contributed by atoms with Gasteiger partial charge in [-0.15, -0.1) is 0 Å². The Bertz CT molecular complexity index is 542. The van der Waals surface area contributed by atoms with Gasteiger partial charge in [0.05, 0.1) is 5.69 Å². The van der Waals surface area contributed by atoms with Crippen LogP contribution in [0.1, 0.15) is 24.8 Å². The van der Waals surface area contributed by atoms with Crippen molar-refractivity contribution in [3.8, 4) is 11.8 Å². The first-order valence-corrected chi connectivity index (χ1v) is 6.90. The molecule has 5 heteroatoms. The van der Waals surface area contributed by atoms with Gasteiger partial charge in [-0.3, -0.25) is 4.79 Å². The zero-order valence-corrected chi connectivity index (χ0v) is 11.7. The van der Waals surface area contributed by atoms with E-state index in [0.717, 1.165) is 19.3 Å². The fourth-order valence-corrected chi connectivity index (χ4v) is 2.20. The van der Waals surface area contributed by atoms with E-state index < -0.39 is 6.10 Å². The number of rotatable bonds is 2. The molecule has 2 rings (SSSR count). The fraction of sp³-hybridized carbons (Fsp3) is 0.400. The van der Waals surface area contributed by atoms with Gasteiger partial charge in [0.25, 0.3) is 5.91 Å². The summed E-state index contributed by atoms with van der Waals surface area (Å²) in [5.74, 6) is 5.15. The molecular weight excluding hydrogens is 278 g/mol. The number of carbonyl (C=O) groups excluding carboxylic acids is 1. The maximum absolute atomic E-state index is 12.1. The Morgan fingerprint density at radius 3 is 3.05 bits per heavy atom. The number of ether oxygens (including phenoxy) is 1. The SMILES string of the molecule is O=C(Nc1ccc(Cl)cc1C#CCO)C1CCCCO1. The van der Waals surface area contributed by atoms with Gasteiger partial charge >= 0.3 is 0 Å². The predicted molar refractivity (Wildman–Crippen MR) is 77.6 cm³/mol. The summed E-state index contributed by atoms with van der Waals surface area (Å²) in [4.78, 5) is 12.1. The fourth-order valence-electron chi connectivity index (χ4n) is 2.02. The van der Waals surface area contributed by atoms with Crippen molar-refractivity contribution in [2.75, 3.05) is 18.5 Å². The molecule has 1 atom stereocenters. The third kappa shape index (κ3) is 3.97. The molecule has 20 heavy (non-hydrogen) atoms. The van der Waals surface area contributed by atoms with Gasteiger partial charge in [0.1, 0.15) is 12.7 Å². The zero-order valence-electron chi connectivity index (χ0n) is 11.0. The van der Waals surface area contributed by atoms with Crippen molar-refractivity contribution >= 4 is 23.2 Å². The van der Waals surface area contributed by atoms with Crippen LogP contribution in [0.15, 0.2) is 18.2 Å². The minimum atomic E-state index is -0.405. The molecule has 1 aromatic carbocycles. The van der Waals surface area contributed by atoms with Gasteiger partial charge in [-0.1, -0.05) is 23.4 Å². The van der Waals surface area contributed by atoms with Crippen molar-refractivity contribution in [2.24, 2.45) is 0 Å². The summed E-state index contributed by atoms with van der Waals surface area (Å²) in [5.41, 5.74) is 1.16. The average Bonchev–Trinajstić information content (AvgIpc) is 2.48. The van der Waals surface area contributed by atoms with E-state index in [9.17, 15) is 4.79 Å². The molecule has 4 nitrogen and oxygen atoms in total. The summed E-state index contributed by atoms with van der Waals surface area (Å²) >= 11 is 5.91. The summed E-state index contributed by atoms with van der Waals surface area (Å²) < 4.78 is 5.44. The molecule has 0 aromatic heterocycles. The van der Waals surface area contributed by atoms with Gasteiger partial charge in [-0.25, -0.2) is 0 Å². The molecule has 0 spiro atoms. The van der Waals surface area contributed by atoms with E-state index in [0.29, 0.717) is 22.9 Å². The highest BCUT2D eigenvalue weighted by molar-refractivity contribution is 6.30. The maximum Gasteiger partial charge on any atom is 0.253 e. The second-order valence-corrected chi connectivity index (χ2v) is 4.93. The molecule has 1 saturated heterocycles. The molecule has 1 aliphatic rings. The molecule has 1 unspecified atom stereocenters. The van der Waals surface area contributed by atoms with Crippen molar-refractivity contribution < 1.29 is 14.6 Å². The maximum atomic E-state index is 12.1. The topological polar surface area (TPSA) is 58.6 Å². The summed E-state index contributed by atoms with van der Waals surface area (Å²) in [7, 11) is 0. The molecule has 0 aliphatic carbocycles. The molecule has 106 valence electrons. The van der Waals surface area contributed by atoms with Crippen molar-refractivity contribution in [1.82, 2.24) is 0 Å². The lowest BCUT2D eigenvalue weighted by Gasteiger charge is -2.22. The standard InChI is InChI=1S/C15H16ClNO3/c16-12-6-7-13(11(10-12)4-3-8-18)17-15(19)14-5-1-2-9-20-14/h6-7,10,14,18H,1-2,5,8-9H2,(H,17,19). The van der Waals surface area contributed by atoms with E-state index in [2.05, 4.69) is 17.2 Å². The number of amides is 1. The first-order valence-electron chi connectivity index (χ1n) is 6.52. The quantitative estimate of drug-likeness (QED) is 0.822. The van der Waals surface area contributed by atoms with Gasteiger partial charge in [-0.05, 0) is 37.5 Å². The molecule has 1 aliphatic heterocycles. The molecule has 1 aromatic rings. The molecule has 1 heterocycles. The Kier molecular flexibility index (Phi) is 5.42. The summed E-state index contributed by atoms with van der Waals surface area (Å²) in [6, 6.07) is 5.04. The largest absolute Gasteiger partial charge is 0.384 e. The van der Waals surface area contributed by atoms with Gasteiger partial charge in [-0.2, -0.15) is 0 Å². The van der Waals surface area contributed by atoms with E-state index in [1.807, 2.05) is 0 Å². The van der Waals surface area contributed by atoms with Crippen molar-refractivity contribution in [3.63, 3.8) is 0 Å². The summed E-state index contributed by atoms with van der Waals surface area (Å²) in [6.45, 7) is 0.377. The predicted octanol–water partition coefficient (Wildman–Crippen LogP) is 2.19. The molecule has 1 fully saturated rings. The second-order valence-electron chi connectivity index (χ2n) is 4.49. The number of hydrogen-bond acceptors (Lipinski definition) is 3. The lowest BCUT2D eigenvalue weighted by Crippen LogP contribution is -2.33. The smallest absolute Gasteiger partial charge is 0.253 e. The number of benzene rings is 1. The first-order chi connectivity index (χ1) is 9.70. The second kappa shape index (κ2) is 7.30. The number of anilines is 1. The number of hydrogen-bond donors (Lipinski definition) is 2. The van der Waals surface area contributed by atoms with E-state index in [1.165, 1.54) is 0 Å². The molecule has 0 bridgehead atoms. The average molecular weight is 294 g/mol. The van der Waals surface area contributed by atoms with Crippen LogP contribution < -0.4 is 5.32 Å².